The van der Waals surface area contributed by atoms with Crippen molar-refractivity contribution in [1.82, 2.24) is 5.01 Å². The van der Waals surface area contributed by atoms with E-state index in [2.05, 4.69) is 21.0 Å². The Morgan fingerprint density at radius 2 is 1.96 bits per heavy atom. The van der Waals surface area contributed by atoms with Gasteiger partial charge in [0.2, 0.25) is 0 Å². The number of hydrazone groups is 1. The molecule has 1 heterocycles. The van der Waals surface area contributed by atoms with Gasteiger partial charge in [-0.05, 0) is 65.2 Å². The lowest BCUT2D eigenvalue weighted by Gasteiger charge is -2.10. The average molecular weight is 427 g/mol. The van der Waals surface area contributed by atoms with Crippen molar-refractivity contribution in [3.8, 4) is 5.75 Å². The van der Waals surface area contributed by atoms with Crippen LogP contribution in [0.15, 0.2) is 63.7 Å². The molecule has 6 heteroatoms. The van der Waals surface area contributed by atoms with Crippen molar-refractivity contribution < 1.29 is 14.3 Å². The minimum atomic E-state index is -0.437. The molecule has 2 aromatic rings. The Hall–Kier alpha value is -2.73. The molecule has 5 nitrogen and oxygen atoms in total. The maximum Gasteiger partial charge on any atom is 0.283 e. The number of carbonyl (C=O) groups is 2. The van der Waals surface area contributed by atoms with Crippen molar-refractivity contribution in [2.75, 3.05) is 6.61 Å². The first-order valence-electron chi connectivity index (χ1n) is 8.64. The number of hydrogen-bond donors (Lipinski definition) is 0. The molecule has 138 valence electrons. The molecule has 0 spiro atoms. The fraction of sp³-hybridized carbons (Fsp3) is 0.190. The monoisotopic (exact) mass is 426 g/mol. The number of hydrogen-bond acceptors (Lipinski definition) is 4. The van der Waals surface area contributed by atoms with Gasteiger partial charge in [-0.25, -0.2) is 0 Å². The minimum absolute atomic E-state index is 0.397. The second-order valence-corrected chi connectivity index (χ2v) is 6.92. The summed E-state index contributed by atoms with van der Waals surface area (Å²) in [4.78, 5) is 25.3. The molecule has 0 fully saturated rings. The van der Waals surface area contributed by atoms with Crippen LogP contribution in [-0.4, -0.2) is 29.1 Å². The second kappa shape index (κ2) is 8.31. The van der Waals surface area contributed by atoms with Gasteiger partial charge < -0.3 is 4.74 Å². The van der Waals surface area contributed by atoms with Gasteiger partial charge in [0.25, 0.3) is 11.8 Å². The molecule has 1 aliphatic heterocycles. The molecule has 0 aliphatic carbocycles. The van der Waals surface area contributed by atoms with Gasteiger partial charge in [0.1, 0.15) is 5.75 Å². The highest BCUT2D eigenvalue weighted by Crippen LogP contribution is 2.28. The van der Waals surface area contributed by atoms with E-state index in [0.29, 0.717) is 23.5 Å². The number of halogens is 1. The molecule has 1 aliphatic rings. The second-order valence-electron chi connectivity index (χ2n) is 6.07. The van der Waals surface area contributed by atoms with E-state index < -0.39 is 11.8 Å². The normalized spacial score (nSPS) is 15.2. The van der Waals surface area contributed by atoms with Crippen LogP contribution in [-0.2, 0) is 4.79 Å². The van der Waals surface area contributed by atoms with Crippen LogP contribution in [0.1, 0.15) is 36.2 Å². The third kappa shape index (κ3) is 4.17. The first-order valence-corrected chi connectivity index (χ1v) is 9.44. The maximum atomic E-state index is 12.7. The quantitative estimate of drug-likeness (QED) is 0.514. The molecule has 2 aromatic carbocycles. The van der Waals surface area contributed by atoms with Gasteiger partial charge in [0.15, 0.2) is 0 Å². The van der Waals surface area contributed by atoms with E-state index in [1.165, 1.54) is 0 Å². The Morgan fingerprint density at radius 1 is 1.22 bits per heavy atom. The van der Waals surface area contributed by atoms with Crippen molar-refractivity contribution >= 4 is 39.5 Å². The number of nitrogens with zero attached hydrogens (tertiary/aromatic N) is 2. The number of ether oxygens (including phenoxy) is 1. The largest absolute Gasteiger partial charge is 0.492 e. The SMILES string of the molecule is CCCOc1ccc(/C=C2/C(=O)N(C(=O)c3ccccc3)N=C2C)cc1Br. The van der Waals surface area contributed by atoms with Gasteiger partial charge in [-0.3, -0.25) is 9.59 Å². The van der Waals surface area contributed by atoms with Gasteiger partial charge in [0.05, 0.1) is 22.4 Å². The van der Waals surface area contributed by atoms with Crippen molar-refractivity contribution in [1.29, 1.82) is 0 Å². The van der Waals surface area contributed by atoms with Gasteiger partial charge in [0, 0.05) is 5.56 Å². The fourth-order valence-electron chi connectivity index (χ4n) is 2.63. The molecule has 3 rings (SSSR count). The van der Waals surface area contributed by atoms with Crippen LogP contribution in [0.2, 0.25) is 0 Å². The van der Waals surface area contributed by atoms with E-state index in [0.717, 1.165) is 27.2 Å². The Labute approximate surface area is 166 Å². The molecule has 0 radical (unpaired) electrons. The Morgan fingerprint density at radius 3 is 2.63 bits per heavy atom. The van der Waals surface area contributed by atoms with Crippen molar-refractivity contribution in [2.24, 2.45) is 5.10 Å². The fourth-order valence-corrected chi connectivity index (χ4v) is 3.14. The summed E-state index contributed by atoms with van der Waals surface area (Å²) in [5.74, 6) is -0.111. The summed E-state index contributed by atoms with van der Waals surface area (Å²) in [6.07, 6.45) is 2.65. The van der Waals surface area contributed by atoms with Crippen LogP contribution in [0, 0.1) is 0 Å². The molecular formula is C21H19BrN2O3. The molecule has 27 heavy (non-hydrogen) atoms. The lowest BCUT2D eigenvalue weighted by Crippen LogP contribution is -2.29. The Balaban J connectivity index is 1.84. The zero-order chi connectivity index (χ0) is 19.4. The standard InChI is InChI=1S/C21H19BrN2O3/c1-3-11-27-19-10-9-15(13-18(19)22)12-17-14(2)23-24(21(17)26)20(25)16-7-5-4-6-8-16/h4-10,12-13H,3,11H2,1-2H3/b17-12+. The Kier molecular flexibility index (Phi) is 5.86. The number of benzene rings is 2. The van der Waals surface area contributed by atoms with E-state index in [9.17, 15) is 9.59 Å². The average Bonchev–Trinajstić information content (AvgIpc) is 2.95. The van der Waals surface area contributed by atoms with Crippen LogP contribution in [0.25, 0.3) is 6.08 Å². The molecule has 2 amide bonds. The minimum Gasteiger partial charge on any atom is -0.492 e. The smallest absolute Gasteiger partial charge is 0.283 e. The van der Waals surface area contributed by atoms with Gasteiger partial charge in [-0.1, -0.05) is 31.2 Å². The van der Waals surface area contributed by atoms with Crippen LogP contribution < -0.4 is 4.74 Å². The summed E-state index contributed by atoms with van der Waals surface area (Å²) in [5, 5.41) is 5.07. The van der Waals surface area contributed by atoms with E-state index in [1.54, 1.807) is 37.3 Å². The summed E-state index contributed by atoms with van der Waals surface area (Å²) < 4.78 is 6.45. The van der Waals surface area contributed by atoms with Gasteiger partial charge in [-0.2, -0.15) is 10.1 Å². The summed E-state index contributed by atoms with van der Waals surface area (Å²) in [6, 6.07) is 14.2. The number of imide groups is 1. The first-order chi connectivity index (χ1) is 13.0. The van der Waals surface area contributed by atoms with E-state index in [4.69, 9.17) is 4.74 Å². The lowest BCUT2D eigenvalue weighted by molar-refractivity contribution is -0.123. The topological polar surface area (TPSA) is 59.0 Å². The molecule has 0 unspecified atom stereocenters. The Bertz CT molecular complexity index is 936. The highest BCUT2D eigenvalue weighted by molar-refractivity contribution is 9.10. The molecule has 0 saturated carbocycles. The molecular weight excluding hydrogens is 408 g/mol. The van der Waals surface area contributed by atoms with Crippen LogP contribution in [0.5, 0.6) is 5.75 Å². The van der Waals surface area contributed by atoms with Crippen LogP contribution in [0.3, 0.4) is 0 Å². The highest BCUT2D eigenvalue weighted by atomic mass is 79.9. The lowest BCUT2D eigenvalue weighted by atomic mass is 10.1. The number of rotatable bonds is 5. The van der Waals surface area contributed by atoms with Crippen molar-refractivity contribution in [3.05, 3.63) is 69.7 Å². The number of carbonyl (C=O) groups excluding carboxylic acids is 2. The summed E-state index contributed by atoms with van der Waals surface area (Å²) in [6.45, 7) is 4.40. The molecule has 0 aromatic heterocycles. The summed E-state index contributed by atoms with van der Waals surface area (Å²) >= 11 is 3.49. The van der Waals surface area contributed by atoms with Crippen molar-refractivity contribution in [2.45, 2.75) is 20.3 Å². The maximum absolute atomic E-state index is 12.7. The zero-order valence-corrected chi connectivity index (χ0v) is 16.7. The predicted molar refractivity (Wildman–Crippen MR) is 109 cm³/mol. The molecule has 0 N–H and O–H groups in total. The van der Waals surface area contributed by atoms with Crippen LogP contribution in [0.4, 0.5) is 0 Å². The summed E-state index contributed by atoms with van der Waals surface area (Å²) in [7, 11) is 0. The van der Waals surface area contributed by atoms with Gasteiger partial charge in [-0.15, -0.1) is 0 Å². The molecule has 0 saturated heterocycles. The van der Waals surface area contributed by atoms with E-state index in [1.807, 2.05) is 31.2 Å². The van der Waals surface area contributed by atoms with Crippen molar-refractivity contribution in [3.63, 3.8) is 0 Å². The summed E-state index contributed by atoms with van der Waals surface area (Å²) in [5.41, 5.74) is 2.14. The number of amides is 2. The third-order valence-corrected chi connectivity index (χ3v) is 4.62. The molecule has 0 bridgehead atoms. The third-order valence-electron chi connectivity index (χ3n) is 4.00. The highest BCUT2D eigenvalue weighted by Gasteiger charge is 2.32. The first kappa shape index (κ1) is 19.0. The zero-order valence-electron chi connectivity index (χ0n) is 15.1. The predicted octanol–water partition coefficient (Wildman–Crippen LogP) is 4.68. The molecule has 0 atom stereocenters. The van der Waals surface area contributed by atoms with E-state index in [-0.39, 0.29) is 0 Å². The van der Waals surface area contributed by atoms with E-state index >= 15 is 0 Å². The van der Waals surface area contributed by atoms with Crippen LogP contribution >= 0.6 is 15.9 Å². The van der Waals surface area contributed by atoms with Gasteiger partial charge >= 0.3 is 0 Å².